The predicted octanol–water partition coefficient (Wildman–Crippen LogP) is 1.36. The second kappa shape index (κ2) is 2.42. The van der Waals surface area contributed by atoms with Gasteiger partial charge in [0, 0.05) is 11.6 Å². The molecular formula is C8H7F2NO. The summed E-state index contributed by atoms with van der Waals surface area (Å²) < 4.78 is 30.3. The Hall–Kier alpha value is -1.16. The largest absolute Gasteiger partial charge is 0.491 e. The van der Waals surface area contributed by atoms with Crippen LogP contribution < -0.4 is 10.5 Å². The van der Waals surface area contributed by atoms with E-state index in [1.165, 1.54) is 0 Å². The fourth-order valence-electron chi connectivity index (χ4n) is 1.23. The Labute approximate surface area is 67.9 Å². The molecule has 0 spiro atoms. The van der Waals surface area contributed by atoms with E-state index >= 15 is 0 Å². The second-order valence-electron chi connectivity index (χ2n) is 2.72. The summed E-state index contributed by atoms with van der Waals surface area (Å²) in [5.74, 6) is -1.43. The molecule has 0 saturated heterocycles. The summed E-state index contributed by atoms with van der Waals surface area (Å²) in [6.45, 7) is 0.290. The van der Waals surface area contributed by atoms with Crippen LogP contribution in [0.5, 0.6) is 5.75 Å². The van der Waals surface area contributed by atoms with E-state index in [2.05, 4.69) is 0 Å². The molecule has 0 bridgehead atoms. The SMILES string of the molecule is N[C@@H]1COc2cc(F)c(F)cc21. The van der Waals surface area contributed by atoms with Gasteiger partial charge in [-0.05, 0) is 6.07 Å². The fourth-order valence-corrected chi connectivity index (χ4v) is 1.23. The molecule has 1 aliphatic rings. The molecule has 1 aliphatic heterocycles. The number of rotatable bonds is 0. The van der Waals surface area contributed by atoms with Gasteiger partial charge in [0.25, 0.3) is 0 Å². The van der Waals surface area contributed by atoms with Crippen LogP contribution in [0.2, 0.25) is 0 Å². The van der Waals surface area contributed by atoms with Crippen molar-refractivity contribution >= 4 is 0 Å². The van der Waals surface area contributed by atoms with Crippen LogP contribution in [0, 0.1) is 11.6 Å². The van der Waals surface area contributed by atoms with E-state index < -0.39 is 11.6 Å². The van der Waals surface area contributed by atoms with E-state index in [0.29, 0.717) is 11.3 Å². The summed E-state index contributed by atoms with van der Waals surface area (Å²) >= 11 is 0. The van der Waals surface area contributed by atoms with Crippen LogP contribution in [0.25, 0.3) is 0 Å². The highest BCUT2D eigenvalue weighted by Crippen LogP contribution is 2.32. The Morgan fingerprint density at radius 2 is 2.00 bits per heavy atom. The van der Waals surface area contributed by atoms with Crippen molar-refractivity contribution in [2.24, 2.45) is 5.73 Å². The second-order valence-corrected chi connectivity index (χ2v) is 2.72. The number of benzene rings is 1. The Morgan fingerprint density at radius 3 is 2.75 bits per heavy atom. The first kappa shape index (κ1) is 7.49. The van der Waals surface area contributed by atoms with Crippen LogP contribution in [0.1, 0.15) is 11.6 Å². The quantitative estimate of drug-likeness (QED) is 0.639. The first-order valence-electron chi connectivity index (χ1n) is 3.56. The highest BCUT2D eigenvalue weighted by molar-refractivity contribution is 5.40. The van der Waals surface area contributed by atoms with Crippen molar-refractivity contribution in [1.82, 2.24) is 0 Å². The molecule has 0 fully saturated rings. The van der Waals surface area contributed by atoms with Crippen molar-refractivity contribution in [2.75, 3.05) is 6.61 Å². The van der Waals surface area contributed by atoms with Crippen LogP contribution in [-0.2, 0) is 0 Å². The Morgan fingerprint density at radius 1 is 1.33 bits per heavy atom. The molecule has 0 unspecified atom stereocenters. The number of hydrogen-bond donors (Lipinski definition) is 1. The molecule has 0 amide bonds. The molecule has 0 saturated carbocycles. The molecule has 1 aromatic rings. The summed E-state index contributed by atoms with van der Waals surface area (Å²) in [6, 6.07) is 1.77. The lowest BCUT2D eigenvalue weighted by Gasteiger charge is -2.00. The molecule has 1 atom stereocenters. The molecule has 12 heavy (non-hydrogen) atoms. The lowest BCUT2D eigenvalue weighted by atomic mass is 10.1. The molecule has 4 heteroatoms. The average molecular weight is 171 g/mol. The van der Waals surface area contributed by atoms with Gasteiger partial charge in [-0.2, -0.15) is 0 Å². The molecular weight excluding hydrogens is 164 g/mol. The first-order valence-corrected chi connectivity index (χ1v) is 3.56. The highest BCUT2D eigenvalue weighted by Gasteiger charge is 2.22. The third-order valence-electron chi connectivity index (χ3n) is 1.87. The molecule has 2 N–H and O–H groups in total. The zero-order valence-corrected chi connectivity index (χ0v) is 6.18. The number of fused-ring (bicyclic) bond motifs is 1. The van der Waals surface area contributed by atoms with Gasteiger partial charge in [-0.15, -0.1) is 0 Å². The summed E-state index contributed by atoms with van der Waals surface area (Å²) in [5, 5.41) is 0. The zero-order chi connectivity index (χ0) is 8.72. The minimum atomic E-state index is -0.900. The maximum atomic E-state index is 12.7. The lowest BCUT2D eigenvalue weighted by Crippen LogP contribution is -2.10. The molecule has 0 aromatic heterocycles. The van der Waals surface area contributed by atoms with E-state index in [0.717, 1.165) is 12.1 Å². The van der Waals surface area contributed by atoms with Crippen LogP contribution in [0.15, 0.2) is 12.1 Å². The van der Waals surface area contributed by atoms with E-state index in [1.54, 1.807) is 0 Å². The van der Waals surface area contributed by atoms with Crippen molar-refractivity contribution in [3.63, 3.8) is 0 Å². The van der Waals surface area contributed by atoms with Gasteiger partial charge in [-0.25, -0.2) is 8.78 Å². The number of halogens is 2. The van der Waals surface area contributed by atoms with E-state index in [4.69, 9.17) is 10.5 Å². The number of ether oxygens (including phenoxy) is 1. The van der Waals surface area contributed by atoms with Crippen LogP contribution in [-0.4, -0.2) is 6.61 Å². The van der Waals surface area contributed by atoms with Gasteiger partial charge < -0.3 is 10.5 Å². The smallest absolute Gasteiger partial charge is 0.162 e. The van der Waals surface area contributed by atoms with Gasteiger partial charge >= 0.3 is 0 Å². The normalized spacial score (nSPS) is 20.4. The van der Waals surface area contributed by atoms with Crippen LogP contribution in [0.4, 0.5) is 8.78 Å². The Kier molecular flexibility index (Phi) is 1.51. The van der Waals surface area contributed by atoms with Gasteiger partial charge in [0.1, 0.15) is 12.4 Å². The van der Waals surface area contributed by atoms with Crippen LogP contribution in [0.3, 0.4) is 0 Å². The van der Waals surface area contributed by atoms with Gasteiger partial charge in [0.05, 0.1) is 6.04 Å². The standard InChI is InChI=1S/C8H7F2NO/c9-5-1-4-7(11)3-12-8(4)2-6(5)10/h1-2,7H,3,11H2/t7-/m1/s1. The molecule has 1 heterocycles. The third kappa shape index (κ3) is 0.956. The molecule has 2 rings (SSSR count). The maximum Gasteiger partial charge on any atom is 0.162 e. The molecule has 0 radical (unpaired) electrons. The lowest BCUT2D eigenvalue weighted by molar-refractivity contribution is 0.331. The topological polar surface area (TPSA) is 35.2 Å². The van der Waals surface area contributed by atoms with Gasteiger partial charge in [-0.3, -0.25) is 0 Å². The molecule has 2 nitrogen and oxygen atoms in total. The zero-order valence-electron chi connectivity index (χ0n) is 6.18. The summed E-state index contributed by atoms with van der Waals surface area (Å²) in [4.78, 5) is 0. The minimum Gasteiger partial charge on any atom is -0.491 e. The average Bonchev–Trinajstić information content (AvgIpc) is 2.35. The van der Waals surface area contributed by atoms with Gasteiger partial charge in [-0.1, -0.05) is 0 Å². The fraction of sp³-hybridized carbons (Fsp3) is 0.250. The van der Waals surface area contributed by atoms with E-state index in [9.17, 15) is 8.78 Å². The monoisotopic (exact) mass is 171 g/mol. The Balaban J connectivity index is 2.56. The summed E-state index contributed by atoms with van der Waals surface area (Å²) in [6.07, 6.45) is 0. The van der Waals surface area contributed by atoms with Crippen molar-refractivity contribution < 1.29 is 13.5 Å². The maximum absolute atomic E-state index is 12.7. The summed E-state index contributed by atoms with van der Waals surface area (Å²) in [5.41, 5.74) is 6.09. The Bertz CT molecular complexity index is 327. The highest BCUT2D eigenvalue weighted by atomic mass is 19.2. The van der Waals surface area contributed by atoms with Gasteiger partial charge in [0.15, 0.2) is 11.6 Å². The van der Waals surface area contributed by atoms with Gasteiger partial charge in [0.2, 0.25) is 0 Å². The summed E-state index contributed by atoms with van der Waals surface area (Å²) in [7, 11) is 0. The van der Waals surface area contributed by atoms with Crippen molar-refractivity contribution in [2.45, 2.75) is 6.04 Å². The number of hydrogen-bond acceptors (Lipinski definition) is 2. The van der Waals surface area contributed by atoms with Crippen LogP contribution >= 0.6 is 0 Å². The third-order valence-corrected chi connectivity index (χ3v) is 1.87. The van der Waals surface area contributed by atoms with Crippen molar-refractivity contribution in [3.05, 3.63) is 29.3 Å². The first-order chi connectivity index (χ1) is 5.68. The van der Waals surface area contributed by atoms with Crippen molar-refractivity contribution in [3.8, 4) is 5.75 Å². The molecule has 1 aromatic carbocycles. The van der Waals surface area contributed by atoms with Crippen molar-refractivity contribution in [1.29, 1.82) is 0 Å². The minimum absolute atomic E-state index is 0.290. The van der Waals surface area contributed by atoms with E-state index in [1.807, 2.05) is 0 Å². The predicted molar refractivity (Wildman–Crippen MR) is 38.8 cm³/mol. The van der Waals surface area contributed by atoms with E-state index in [-0.39, 0.29) is 12.6 Å². The number of nitrogens with two attached hydrogens (primary N) is 1. The molecule has 64 valence electrons. The molecule has 0 aliphatic carbocycles.